The first kappa shape index (κ1) is 17.4. The van der Waals surface area contributed by atoms with Gasteiger partial charge in [0.25, 0.3) is 0 Å². The first-order valence-corrected chi connectivity index (χ1v) is 9.95. The van der Waals surface area contributed by atoms with Crippen LogP contribution in [0.1, 0.15) is 38.6 Å². The van der Waals surface area contributed by atoms with Gasteiger partial charge in [-0.05, 0) is 72.8 Å². The molecule has 2 aliphatic rings. The van der Waals surface area contributed by atoms with Crippen LogP contribution in [0.25, 0.3) is 0 Å². The number of urea groups is 1. The third-order valence-electron chi connectivity index (χ3n) is 5.30. The third kappa shape index (κ3) is 3.45. The molecule has 2 amide bonds. The lowest BCUT2D eigenvalue weighted by atomic mass is 9.98. The summed E-state index contributed by atoms with van der Waals surface area (Å²) >= 11 is 3.46. The van der Waals surface area contributed by atoms with Crippen LogP contribution in [0.5, 0.6) is 5.75 Å². The monoisotopic (exact) mass is 418 g/mol. The zero-order valence-corrected chi connectivity index (χ0v) is 16.4. The molecule has 1 aromatic carbocycles. The number of nitrogens with one attached hydrogen (secondary N) is 1. The van der Waals surface area contributed by atoms with Gasteiger partial charge in [-0.3, -0.25) is 4.68 Å². The van der Waals surface area contributed by atoms with E-state index in [-0.39, 0.29) is 18.1 Å². The molecule has 0 aliphatic carbocycles. The predicted octanol–water partition coefficient (Wildman–Crippen LogP) is 4.44. The molecule has 2 fully saturated rings. The van der Waals surface area contributed by atoms with Crippen LogP contribution < -0.4 is 10.1 Å². The number of ether oxygens (including phenoxy) is 1. The van der Waals surface area contributed by atoms with Crippen molar-refractivity contribution in [3.05, 3.63) is 41.1 Å². The molecule has 2 saturated heterocycles. The number of amides is 2. The second-order valence-corrected chi connectivity index (χ2v) is 7.86. The topological polar surface area (TPSA) is 59.4 Å². The van der Waals surface area contributed by atoms with E-state index in [4.69, 9.17) is 4.74 Å². The number of aromatic nitrogens is 2. The predicted molar refractivity (Wildman–Crippen MR) is 103 cm³/mol. The number of piperidine rings is 1. The Bertz CT molecular complexity index is 762. The van der Waals surface area contributed by atoms with Gasteiger partial charge in [0.15, 0.2) is 0 Å². The first-order valence-electron chi connectivity index (χ1n) is 9.16. The van der Waals surface area contributed by atoms with Crippen LogP contribution in [0.15, 0.2) is 41.1 Å². The molecule has 138 valence electrons. The molecule has 2 aliphatic heterocycles. The molecule has 2 aromatic rings. The number of hydrogen-bond acceptors (Lipinski definition) is 3. The maximum Gasteiger partial charge on any atom is 0.322 e. The van der Waals surface area contributed by atoms with E-state index in [2.05, 4.69) is 26.3 Å². The quantitative estimate of drug-likeness (QED) is 0.797. The van der Waals surface area contributed by atoms with Crippen LogP contribution in [0.3, 0.4) is 0 Å². The summed E-state index contributed by atoms with van der Waals surface area (Å²) in [4.78, 5) is 14.9. The Morgan fingerprint density at radius 3 is 2.50 bits per heavy atom. The van der Waals surface area contributed by atoms with Gasteiger partial charge in [-0.25, -0.2) is 4.79 Å². The molecule has 0 spiro atoms. The van der Waals surface area contributed by atoms with Gasteiger partial charge < -0.3 is 15.0 Å². The van der Waals surface area contributed by atoms with E-state index in [1.807, 2.05) is 53.2 Å². The van der Waals surface area contributed by atoms with Crippen LogP contribution in [0.4, 0.5) is 10.5 Å². The minimum Gasteiger partial charge on any atom is -0.494 e. The Morgan fingerprint density at radius 2 is 1.92 bits per heavy atom. The molecule has 2 unspecified atom stereocenters. The summed E-state index contributed by atoms with van der Waals surface area (Å²) in [7, 11) is 0. The van der Waals surface area contributed by atoms with Crippen LogP contribution in [0.2, 0.25) is 0 Å². The number of anilines is 1. The summed E-state index contributed by atoms with van der Waals surface area (Å²) in [6, 6.07) is 8.48. The SMILES string of the molecule is CCOc1ccc(NC(=O)N2C3CCC2CC(n2cc(Br)cn2)C3)cc1. The largest absolute Gasteiger partial charge is 0.494 e. The number of benzene rings is 1. The molecule has 2 atom stereocenters. The number of fused-ring (bicyclic) bond motifs is 2. The van der Waals surface area contributed by atoms with Crippen LogP contribution >= 0.6 is 15.9 Å². The molecule has 4 rings (SSSR count). The van der Waals surface area contributed by atoms with E-state index >= 15 is 0 Å². The lowest BCUT2D eigenvalue weighted by molar-refractivity contribution is 0.129. The van der Waals surface area contributed by atoms with Crippen molar-refractivity contribution in [3.8, 4) is 5.75 Å². The maximum atomic E-state index is 12.8. The molecule has 1 aromatic heterocycles. The zero-order chi connectivity index (χ0) is 18.1. The maximum absolute atomic E-state index is 12.8. The Balaban J connectivity index is 1.41. The normalized spacial score (nSPS) is 24.5. The number of carbonyl (C=O) groups is 1. The second-order valence-electron chi connectivity index (χ2n) is 6.94. The Kier molecular flexibility index (Phi) is 4.89. The summed E-state index contributed by atoms with van der Waals surface area (Å²) in [6.07, 6.45) is 7.91. The fraction of sp³-hybridized carbons (Fsp3) is 0.474. The Labute approximate surface area is 161 Å². The van der Waals surface area contributed by atoms with Gasteiger partial charge in [0, 0.05) is 24.0 Å². The van der Waals surface area contributed by atoms with E-state index in [0.717, 1.165) is 41.6 Å². The molecule has 0 radical (unpaired) electrons. The van der Waals surface area contributed by atoms with Crippen LogP contribution in [0, 0.1) is 0 Å². The summed E-state index contributed by atoms with van der Waals surface area (Å²) < 4.78 is 8.49. The standard InChI is InChI=1S/C19H23BrN4O2/c1-2-26-18-7-3-14(4-8-18)22-19(25)24-15-5-6-16(24)10-17(9-15)23-12-13(20)11-21-23/h3-4,7-8,11-12,15-17H,2,5-6,9-10H2,1H3,(H,22,25). The molecule has 3 heterocycles. The summed E-state index contributed by atoms with van der Waals surface area (Å²) in [5.41, 5.74) is 0.802. The molecule has 1 N–H and O–H groups in total. The third-order valence-corrected chi connectivity index (χ3v) is 5.71. The van der Waals surface area contributed by atoms with Crippen molar-refractivity contribution in [2.24, 2.45) is 0 Å². The molecular formula is C19H23BrN4O2. The van der Waals surface area contributed by atoms with Gasteiger partial charge in [0.1, 0.15) is 5.75 Å². The van der Waals surface area contributed by atoms with Gasteiger partial charge in [-0.2, -0.15) is 5.10 Å². The van der Waals surface area contributed by atoms with Gasteiger partial charge in [0.2, 0.25) is 0 Å². The molecule has 26 heavy (non-hydrogen) atoms. The van der Waals surface area contributed by atoms with E-state index in [9.17, 15) is 4.79 Å². The van der Waals surface area contributed by atoms with Gasteiger partial charge in [-0.15, -0.1) is 0 Å². The highest BCUT2D eigenvalue weighted by atomic mass is 79.9. The second kappa shape index (κ2) is 7.31. The molecule has 2 bridgehead atoms. The fourth-order valence-electron chi connectivity index (χ4n) is 4.20. The molecule has 7 heteroatoms. The number of halogens is 1. The van der Waals surface area contributed by atoms with Crippen molar-refractivity contribution in [3.63, 3.8) is 0 Å². The summed E-state index contributed by atoms with van der Waals surface area (Å²) in [5, 5.41) is 7.48. The minimum atomic E-state index is 0.00163. The Morgan fingerprint density at radius 1 is 1.23 bits per heavy atom. The van der Waals surface area contributed by atoms with Gasteiger partial charge in [0.05, 0.1) is 23.3 Å². The van der Waals surface area contributed by atoms with Gasteiger partial charge in [-0.1, -0.05) is 0 Å². The molecule has 6 nitrogen and oxygen atoms in total. The highest BCUT2D eigenvalue weighted by Crippen LogP contribution is 2.41. The highest BCUT2D eigenvalue weighted by Gasteiger charge is 2.44. The van der Waals surface area contributed by atoms with Crippen LogP contribution in [-0.2, 0) is 0 Å². The summed E-state index contributed by atoms with van der Waals surface area (Å²) in [5.74, 6) is 0.816. The van der Waals surface area contributed by atoms with E-state index in [0.29, 0.717) is 12.6 Å². The number of rotatable bonds is 4. The van der Waals surface area contributed by atoms with Crippen LogP contribution in [-0.4, -0.2) is 39.4 Å². The number of carbonyl (C=O) groups excluding carboxylic acids is 1. The first-order chi connectivity index (χ1) is 12.6. The smallest absolute Gasteiger partial charge is 0.322 e. The lowest BCUT2D eigenvalue weighted by Gasteiger charge is -2.38. The van der Waals surface area contributed by atoms with E-state index in [1.165, 1.54) is 0 Å². The van der Waals surface area contributed by atoms with Gasteiger partial charge >= 0.3 is 6.03 Å². The molecular weight excluding hydrogens is 396 g/mol. The lowest BCUT2D eigenvalue weighted by Crippen LogP contribution is -2.48. The zero-order valence-electron chi connectivity index (χ0n) is 14.8. The number of nitrogens with zero attached hydrogens (tertiary/aromatic N) is 3. The fourth-order valence-corrected chi connectivity index (χ4v) is 4.50. The van der Waals surface area contributed by atoms with Crippen molar-refractivity contribution in [1.82, 2.24) is 14.7 Å². The van der Waals surface area contributed by atoms with E-state index < -0.39 is 0 Å². The average Bonchev–Trinajstić information content (AvgIpc) is 3.18. The van der Waals surface area contributed by atoms with Crippen molar-refractivity contribution in [2.45, 2.75) is 50.7 Å². The Hall–Kier alpha value is -2.02. The summed E-state index contributed by atoms with van der Waals surface area (Å²) in [6.45, 7) is 2.59. The van der Waals surface area contributed by atoms with Crippen molar-refractivity contribution < 1.29 is 9.53 Å². The highest BCUT2D eigenvalue weighted by molar-refractivity contribution is 9.10. The van der Waals surface area contributed by atoms with Crippen molar-refractivity contribution >= 4 is 27.6 Å². The minimum absolute atomic E-state index is 0.00163. The van der Waals surface area contributed by atoms with Crippen molar-refractivity contribution in [2.75, 3.05) is 11.9 Å². The van der Waals surface area contributed by atoms with Crippen molar-refractivity contribution in [1.29, 1.82) is 0 Å². The van der Waals surface area contributed by atoms with E-state index in [1.54, 1.807) is 0 Å². The number of hydrogen-bond donors (Lipinski definition) is 1. The molecule has 0 saturated carbocycles. The average molecular weight is 419 g/mol.